The number of esters is 1. The van der Waals surface area contributed by atoms with Crippen LogP contribution in [0.4, 0.5) is 0 Å². The van der Waals surface area contributed by atoms with Crippen LogP contribution in [0.2, 0.25) is 0 Å². The van der Waals surface area contributed by atoms with Gasteiger partial charge >= 0.3 is 5.97 Å². The van der Waals surface area contributed by atoms with Crippen molar-refractivity contribution in [3.63, 3.8) is 0 Å². The average Bonchev–Trinajstić information content (AvgIpc) is 2.16. The van der Waals surface area contributed by atoms with Crippen molar-refractivity contribution in [3.8, 4) is 5.75 Å². The molecule has 1 aromatic carbocycles. The van der Waals surface area contributed by atoms with Crippen LogP contribution in [0.1, 0.15) is 18.6 Å². The van der Waals surface area contributed by atoms with Gasteiger partial charge in [-0.05, 0) is 17.7 Å². The second-order valence-corrected chi connectivity index (χ2v) is 2.92. The van der Waals surface area contributed by atoms with Gasteiger partial charge in [0.1, 0.15) is 5.75 Å². The van der Waals surface area contributed by atoms with E-state index in [0.29, 0.717) is 11.3 Å². The summed E-state index contributed by atoms with van der Waals surface area (Å²) in [6.07, 6.45) is -0.717. The molecule has 0 fully saturated rings. The minimum atomic E-state index is -0.717. The van der Waals surface area contributed by atoms with Crippen molar-refractivity contribution >= 4 is 5.97 Å². The fourth-order valence-electron chi connectivity index (χ4n) is 1.09. The molecule has 0 aliphatic rings. The van der Waals surface area contributed by atoms with Crippen LogP contribution in [-0.2, 0) is 4.79 Å². The van der Waals surface area contributed by atoms with Gasteiger partial charge in [0.15, 0.2) is 0 Å². The lowest BCUT2D eigenvalue weighted by Crippen LogP contribution is -2.11. The number of benzene rings is 1. The molecule has 0 aliphatic carbocycles. The van der Waals surface area contributed by atoms with Crippen LogP contribution in [0.5, 0.6) is 5.75 Å². The lowest BCUT2D eigenvalue weighted by atomic mass is 10.1. The van der Waals surface area contributed by atoms with Gasteiger partial charge in [-0.1, -0.05) is 12.1 Å². The van der Waals surface area contributed by atoms with Crippen molar-refractivity contribution < 1.29 is 14.6 Å². The summed E-state index contributed by atoms with van der Waals surface area (Å²) in [5, 5.41) is 9.42. The van der Waals surface area contributed by atoms with Crippen LogP contribution in [0.15, 0.2) is 24.3 Å². The lowest BCUT2D eigenvalue weighted by molar-refractivity contribution is -0.131. The molecule has 0 bridgehead atoms. The Labute approximate surface area is 82.3 Å². The first kappa shape index (κ1) is 10.7. The molecule has 4 heteroatoms. The van der Waals surface area contributed by atoms with E-state index in [9.17, 15) is 9.90 Å². The summed E-state index contributed by atoms with van der Waals surface area (Å²) in [6.45, 7) is 1.47. The van der Waals surface area contributed by atoms with Gasteiger partial charge in [-0.3, -0.25) is 4.79 Å². The SMILES string of the molecule is CC(=O)Oc1cccc([C@@H](O)CN)c1. The second-order valence-electron chi connectivity index (χ2n) is 2.92. The molecule has 0 saturated carbocycles. The highest BCUT2D eigenvalue weighted by Crippen LogP contribution is 2.18. The van der Waals surface area contributed by atoms with E-state index in [1.165, 1.54) is 6.92 Å². The molecule has 0 spiro atoms. The van der Waals surface area contributed by atoms with Crippen LogP contribution in [0.25, 0.3) is 0 Å². The first-order valence-electron chi connectivity index (χ1n) is 4.30. The molecule has 14 heavy (non-hydrogen) atoms. The Hall–Kier alpha value is -1.39. The average molecular weight is 195 g/mol. The van der Waals surface area contributed by atoms with E-state index in [2.05, 4.69) is 0 Å². The molecule has 0 amide bonds. The maximum Gasteiger partial charge on any atom is 0.308 e. The number of carbonyl (C=O) groups is 1. The molecular weight excluding hydrogens is 182 g/mol. The highest BCUT2D eigenvalue weighted by atomic mass is 16.5. The summed E-state index contributed by atoms with van der Waals surface area (Å²) in [7, 11) is 0. The number of hydrogen-bond donors (Lipinski definition) is 2. The van der Waals surface area contributed by atoms with E-state index in [1.54, 1.807) is 24.3 Å². The predicted molar refractivity (Wildman–Crippen MR) is 51.8 cm³/mol. The normalized spacial score (nSPS) is 12.2. The first-order chi connectivity index (χ1) is 6.63. The molecule has 4 nitrogen and oxygen atoms in total. The molecular formula is C10H13NO3. The smallest absolute Gasteiger partial charge is 0.308 e. The second kappa shape index (κ2) is 4.74. The van der Waals surface area contributed by atoms with E-state index >= 15 is 0 Å². The highest BCUT2D eigenvalue weighted by Gasteiger charge is 2.06. The van der Waals surface area contributed by atoms with Crippen molar-refractivity contribution in [2.24, 2.45) is 5.73 Å². The Bertz CT molecular complexity index is 325. The van der Waals surface area contributed by atoms with Crippen LogP contribution in [0.3, 0.4) is 0 Å². The molecule has 3 N–H and O–H groups in total. The van der Waals surface area contributed by atoms with Gasteiger partial charge in [0.2, 0.25) is 0 Å². The van der Waals surface area contributed by atoms with Crippen LogP contribution in [0, 0.1) is 0 Å². The summed E-state index contributed by atoms with van der Waals surface area (Å²) in [5.74, 6) is 0.0342. The van der Waals surface area contributed by atoms with Gasteiger partial charge in [0.25, 0.3) is 0 Å². The third kappa shape index (κ3) is 2.83. The summed E-state index contributed by atoms with van der Waals surface area (Å²) < 4.78 is 4.86. The van der Waals surface area contributed by atoms with E-state index in [0.717, 1.165) is 0 Å². The number of aliphatic hydroxyl groups is 1. The molecule has 1 atom stereocenters. The summed E-state index contributed by atoms with van der Waals surface area (Å²) in [6, 6.07) is 6.67. The van der Waals surface area contributed by atoms with Crippen LogP contribution < -0.4 is 10.5 Å². The summed E-state index contributed by atoms with van der Waals surface area (Å²) >= 11 is 0. The standard InChI is InChI=1S/C10H13NO3/c1-7(12)14-9-4-2-3-8(5-9)10(13)6-11/h2-5,10,13H,6,11H2,1H3/t10-/m0/s1. The van der Waals surface area contributed by atoms with Gasteiger partial charge in [-0.25, -0.2) is 0 Å². The molecule has 0 heterocycles. The molecule has 0 aromatic heterocycles. The maximum atomic E-state index is 10.7. The molecule has 0 saturated heterocycles. The van der Waals surface area contributed by atoms with Gasteiger partial charge in [0, 0.05) is 13.5 Å². The third-order valence-corrected chi connectivity index (χ3v) is 1.73. The number of nitrogens with two attached hydrogens (primary N) is 1. The van der Waals surface area contributed by atoms with Gasteiger partial charge in [-0.2, -0.15) is 0 Å². The van der Waals surface area contributed by atoms with Crippen LogP contribution in [-0.4, -0.2) is 17.6 Å². The van der Waals surface area contributed by atoms with Crippen molar-refractivity contribution in [3.05, 3.63) is 29.8 Å². The highest BCUT2D eigenvalue weighted by molar-refractivity contribution is 5.69. The lowest BCUT2D eigenvalue weighted by Gasteiger charge is -2.09. The molecule has 76 valence electrons. The molecule has 1 aromatic rings. The monoisotopic (exact) mass is 195 g/mol. The first-order valence-corrected chi connectivity index (χ1v) is 4.30. The molecule has 0 radical (unpaired) electrons. The van der Waals surface area contributed by atoms with Crippen molar-refractivity contribution in [1.29, 1.82) is 0 Å². The fourth-order valence-corrected chi connectivity index (χ4v) is 1.09. The number of aliphatic hydroxyl groups excluding tert-OH is 1. The Morgan fingerprint density at radius 3 is 2.93 bits per heavy atom. The zero-order valence-corrected chi connectivity index (χ0v) is 7.93. The Morgan fingerprint density at radius 2 is 2.36 bits per heavy atom. The minimum absolute atomic E-state index is 0.142. The van der Waals surface area contributed by atoms with Crippen LogP contribution >= 0.6 is 0 Å². The molecule has 0 unspecified atom stereocenters. The zero-order valence-electron chi connectivity index (χ0n) is 7.93. The van der Waals surface area contributed by atoms with E-state index in [-0.39, 0.29) is 12.5 Å². The van der Waals surface area contributed by atoms with Crippen molar-refractivity contribution in [1.82, 2.24) is 0 Å². The van der Waals surface area contributed by atoms with Crippen molar-refractivity contribution in [2.45, 2.75) is 13.0 Å². The maximum absolute atomic E-state index is 10.7. The third-order valence-electron chi connectivity index (χ3n) is 1.73. The number of carbonyl (C=O) groups excluding carboxylic acids is 1. The fraction of sp³-hybridized carbons (Fsp3) is 0.300. The number of hydrogen-bond acceptors (Lipinski definition) is 4. The largest absolute Gasteiger partial charge is 0.427 e. The zero-order chi connectivity index (χ0) is 10.6. The summed E-state index contributed by atoms with van der Waals surface area (Å²) in [5.41, 5.74) is 5.94. The van der Waals surface area contributed by atoms with Gasteiger partial charge < -0.3 is 15.6 Å². The number of rotatable bonds is 3. The van der Waals surface area contributed by atoms with Gasteiger partial charge in [0.05, 0.1) is 6.10 Å². The predicted octanol–water partition coefficient (Wildman–Crippen LogP) is 0.604. The van der Waals surface area contributed by atoms with E-state index < -0.39 is 6.10 Å². The summed E-state index contributed by atoms with van der Waals surface area (Å²) in [4.78, 5) is 10.7. The topological polar surface area (TPSA) is 72.5 Å². The van der Waals surface area contributed by atoms with E-state index in [4.69, 9.17) is 10.5 Å². The minimum Gasteiger partial charge on any atom is -0.427 e. The quantitative estimate of drug-likeness (QED) is 0.547. The Morgan fingerprint density at radius 1 is 1.64 bits per heavy atom. The van der Waals surface area contributed by atoms with Gasteiger partial charge in [-0.15, -0.1) is 0 Å². The molecule has 1 rings (SSSR count). The Balaban J connectivity index is 2.83. The Kier molecular flexibility index (Phi) is 3.62. The number of ether oxygens (including phenoxy) is 1. The van der Waals surface area contributed by atoms with Crippen molar-refractivity contribution in [2.75, 3.05) is 6.54 Å². The van der Waals surface area contributed by atoms with E-state index in [1.807, 2.05) is 0 Å². The molecule has 0 aliphatic heterocycles.